The first-order valence-electron chi connectivity index (χ1n) is 5.87. The molecule has 3 heterocycles. The first-order valence-corrected chi connectivity index (χ1v) is 6.25. The van der Waals surface area contributed by atoms with Crippen LogP contribution in [0.2, 0.25) is 5.15 Å². The van der Waals surface area contributed by atoms with Crippen molar-refractivity contribution < 1.29 is 0 Å². The zero-order valence-corrected chi connectivity index (χ0v) is 10.2. The predicted octanol–water partition coefficient (Wildman–Crippen LogP) is 1.51. The number of terminal acetylenes is 1. The summed E-state index contributed by atoms with van der Waals surface area (Å²) in [5.74, 6) is 3.33. The molecule has 88 valence electrons. The lowest BCUT2D eigenvalue weighted by Gasteiger charge is -2.26. The summed E-state index contributed by atoms with van der Waals surface area (Å²) < 4.78 is 0. The summed E-state index contributed by atoms with van der Waals surface area (Å²) in [6, 6.07) is 2.54. The van der Waals surface area contributed by atoms with Crippen LogP contribution in [0, 0.1) is 18.3 Å². The highest BCUT2D eigenvalue weighted by atomic mass is 35.5. The number of piperidine rings is 1. The van der Waals surface area contributed by atoms with E-state index in [9.17, 15) is 0 Å². The van der Waals surface area contributed by atoms with Gasteiger partial charge in [0.15, 0.2) is 0 Å². The first-order chi connectivity index (χ1) is 8.28. The number of pyridine rings is 1. The van der Waals surface area contributed by atoms with Crippen molar-refractivity contribution in [2.24, 2.45) is 5.92 Å². The summed E-state index contributed by atoms with van der Waals surface area (Å²) in [4.78, 5) is 6.57. The normalized spacial score (nSPS) is 26.9. The van der Waals surface area contributed by atoms with E-state index in [1.807, 2.05) is 12.3 Å². The van der Waals surface area contributed by atoms with Gasteiger partial charge in [-0.3, -0.25) is 0 Å². The van der Waals surface area contributed by atoms with Crippen molar-refractivity contribution >= 4 is 17.3 Å². The van der Waals surface area contributed by atoms with E-state index in [0.29, 0.717) is 16.8 Å². The molecular weight excluding hydrogens is 234 g/mol. The number of anilines is 1. The number of nitrogens with zero attached hydrogens (tertiary/aromatic N) is 2. The second-order valence-corrected chi connectivity index (χ2v) is 5.10. The maximum atomic E-state index is 5.93. The quantitative estimate of drug-likeness (QED) is 0.603. The number of hydrogen-bond donors (Lipinski definition) is 1. The van der Waals surface area contributed by atoms with Gasteiger partial charge in [-0.05, 0) is 24.9 Å². The van der Waals surface area contributed by atoms with Gasteiger partial charge in [-0.15, -0.1) is 6.42 Å². The van der Waals surface area contributed by atoms with Crippen LogP contribution < -0.4 is 10.2 Å². The highest BCUT2D eigenvalue weighted by Crippen LogP contribution is 2.31. The van der Waals surface area contributed by atoms with E-state index in [2.05, 4.69) is 21.1 Å². The molecule has 2 aliphatic rings. The van der Waals surface area contributed by atoms with Crippen LogP contribution in [0.3, 0.4) is 0 Å². The lowest BCUT2D eigenvalue weighted by molar-refractivity contribution is 0.434. The molecule has 0 saturated carbocycles. The summed E-state index contributed by atoms with van der Waals surface area (Å²) in [5.41, 5.74) is 1.78. The van der Waals surface area contributed by atoms with E-state index in [-0.39, 0.29) is 0 Å². The summed E-state index contributed by atoms with van der Waals surface area (Å²) in [7, 11) is 0. The Morgan fingerprint density at radius 3 is 3.18 bits per heavy atom. The summed E-state index contributed by atoms with van der Waals surface area (Å²) in [6.45, 7) is 3.26. The molecule has 2 bridgehead atoms. The molecule has 0 radical (unpaired) electrons. The van der Waals surface area contributed by atoms with Gasteiger partial charge in [0.05, 0.1) is 17.4 Å². The molecule has 1 aromatic heterocycles. The molecule has 17 heavy (non-hydrogen) atoms. The average Bonchev–Trinajstić information content (AvgIpc) is 2.65. The molecule has 2 saturated heterocycles. The molecule has 0 aliphatic carbocycles. The van der Waals surface area contributed by atoms with Crippen LogP contribution in [0.25, 0.3) is 0 Å². The fourth-order valence-electron chi connectivity index (χ4n) is 2.82. The maximum Gasteiger partial charge on any atom is 0.144 e. The van der Waals surface area contributed by atoms with Crippen LogP contribution >= 0.6 is 11.6 Å². The van der Waals surface area contributed by atoms with E-state index >= 15 is 0 Å². The Bertz CT molecular complexity index is 480. The van der Waals surface area contributed by atoms with E-state index in [0.717, 1.165) is 31.2 Å². The Kier molecular flexibility index (Phi) is 2.70. The molecule has 4 heteroatoms. The van der Waals surface area contributed by atoms with Gasteiger partial charge >= 0.3 is 0 Å². The third kappa shape index (κ3) is 1.88. The zero-order chi connectivity index (χ0) is 11.8. The lowest BCUT2D eigenvalue weighted by atomic mass is 10.0. The predicted molar refractivity (Wildman–Crippen MR) is 69.3 cm³/mol. The number of halogens is 1. The second-order valence-electron chi connectivity index (χ2n) is 4.74. The van der Waals surface area contributed by atoms with Crippen molar-refractivity contribution in [1.82, 2.24) is 10.3 Å². The van der Waals surface area contributed by atoms with Crippen LogP contribution in [0.1, 0.15) is 12.0 Å². The molecule has 3 nitrogen and oxygen atoms in total. The highest BCUT2D eigenvalue weighted by molar-refractivity contribution is 6.30. The molecule has 2 fully saturated rings. The first kappa shape index (κ1) is 10.9. The minimum absolute atomic E-state index is 0.413. The number of rotatable bonds is 1. The molecule has 2 aliphatic heterocycles. The van der Waals surface area contributed by atoms with Crippen molar-refractivity contribution in [3.8, 4) is 12.3 Å². The van der Waals surface area contributed by atoms with Gasteiger partial charge in [-0.25, -0.2) is 4.98 Å². The molecule has 1 N–H and O–H groups in total. The number of aromatic nitrogens is 1. The van der Waals surface area contributed by atoms with Crippen molar-refractivity contribution in [2.75, 3.05) is 24.5 Å². The minimum Gasteiger partial charge on any atom is -0.366 e. The number of fused-ring (bicyclic) bond motifs is 2. The number of hydrogen-bond acceptors (Lipinski definition) is 3. The van der Waals surface area contributed by atoms with E-state index in [4.69, 9.17) is 18.0 Å². The Morgan fingerprint density at radius 2 is 2.41 bits per heavy atom. The SMILES string of the molecule is C#Cc1cc(N2C[C@H]3CNC[C@H]2C3)cnc1Cl. The Morgan fingerprint density at radius 1 is 1.53 bits per heavy atom. The topological polar surface area (TPSA) is 28.2 Å². The van der Waals surface area contributed by atoms with Crippen LogP contribution in [0.5, 0.6) is 0 Å². The van der Waals surface area contributed by atoms with Crippen LogP contribution in [-0.4, -0.2) is 30.7 Å². The number of nitrogens with one attached hydrogen (secondary N) is 1. The zero-order valence-electron chi connectivity index (χ0n) is 9.49. The molecule has 0 spiro atoms. The summed E-state index contributed by atoms with van der Waals surface area (Å²) >= 11 is 5.93. The lowest BCUT2D eigenvalue weighted by Crippen LogP contribution is -2.39. The Balaban J connectivity index is 1.92. The van der Waals surface area contributed by atoms with Crippen LogP contribution in [0.4, 0.5) is 5.69 Å². The standard InChI is InChI=1S/C13H14ClN3/c1-2-10-4-12(7-16-13(10)14)17-8-9-3-11(17)6-15-5-9/h1,4,7,9,11,15H,3,5-6,8H2/t9-,11-/m1/s1. The average molecular weight is 248 g/mol. The second kappa shape index (κ2) is 4.21. The van der Waals surface area contributed by atoms with Gasteiger partial charge in [-0.1, -0.05) is 17.5 Å². The molecule has 0 amide bonds. The van der Waals surface area contributed by atoms with Gasteiger partial charge < -0.3 is 10.2 Å². The molecular formula is C13H14ClN3. The van der Waals surface area contributed by atoms with Gasteiger partial charge in [0.2, 0.25) is 0 Å². The largest absolute Gasteiger partial charge is 0.366 e. The smallest absolute Gasteiger partial charge is 0.144 e. The third-order valence-electron chi connectivity index (χ3n) is 3.63. The molecule has 1 aromatic rings. The van der Waals surface area contributed by atoms with E-state index in [1.54, 1.807) is 0 Å². The third-order valence-corrected chi connectivity index (χ3v) is 3.93. The molecule has 3 rings (SSSR count). The van der Waals surface area contributed by atoms with Gasteiger partial charge in [-0.2, -0.15) is 0 Å². The Labute approximate surface area is 106 Å². The van der Waals surface area contributed by atoms with E-state index < -0.39 is 0 Å². The van der Waals surface area contributed by atoms with Crippen molar-refractivity contribution in [2.45, 2.75) is 12.5 Å². The van der Waals surface area contributed by atoms with Crippen molar-refractivity contribution in [3.63, 3.8) is 0 Å². The fraction of sp³-hybridized carbons (Fsp3) is 0.462. The van der Waals surface area contributed by atoms with Gasteiger partial charge in [0, 0.05) is 19.1 Å². The maximum absolute atomic E-state index is 5.93. The van der Waals surface area contributed by atoms with Crippen molar-refractivity contribution in [3.05, 3.63) is 23.0 Å². The fourth-order valence-corrected chi connectivity index (χ4v) is 2.98. The van der Waals surface area contributed by atoms with Crippen molar-refractivity contribution in [1.29, 1.82) is 0 Å². The molecule has 2 atom stereocenters. The minimum atomic E-state index is 0.413. The van der Waals surface area contributed by atoms with Gasteiger partial charge in [0.1, 0.15) is 5.15 Å². The Hall–Kier alpha value is -1.24. The van der Waals surface area contributed by atoms with Crippen LogP contribution in [-0.2, 0) is 0 Å². The van der Waals surface area contributed by atoms with E-state index in [1.165, 1.54) is 6.42 Å². The summed E-state index contributed by atoms with van der Waals surface area (Å²) in [5, 5.41) is 3.87. The van der Waals surface area contributed by atoms with Gasteiger partial charge in [0.25, 0.3) is 0 Å². The van der Waals surface area contributed by atoms with Crippen LogP contribution in [0.15, 0.2) is 12.3 Å². The monoisotopic (exact) mass is 247 g/mol. The molecule has 0 aromatic carbocycles. The highest BCUT2D eigenvalue weighted by Gasteiger charge is 2.35. The molecule has 0 unspecified atom stereocenters. The summed E-state index contributed by atoms with van der Waals surface area (Å²) in [6.07, 6.45) is 8.51.